The fourth-order valence-electron chi connectivity index (χ4n) is 3.12. The second kappa shape index (κ2) is 8.11. The number of rotatable bonds is 6. The Morgan fingerprint density at radius 1 is 1.12 bits per heavy atom. The maximum atomic E-state index is 13.1. The third-order valence-corrected chi connectivity index (χ3v) is 5.05. The van der Waals surface area contributed by atoms with Gasteiger partial charge in [-0.05, 0) is 37.5 Å². The van der Waals surface area contributed by atoms with Crippen molar-refractivity contribution >= 4 is 5.91 Å². The third-order valence-electron chi connectivity index (χ3n) is 5.05. The highest BCUT2D eigenvalue weighted by Crippen LogP contribution is 2.24. The molecule has 0 aliphatic rings. The molecule has 0 aliphatic heterocycles. The normalized spacial score (nSPS) is 13.1. The monoisotopic (exact) mass is 354 g/mol. The molecular weight excluding hydrogens is 320 g/mol. The number of carbonyl (C=O) groups is 1. The molecule has 0 radical (unpaired) electrons. The Bertz CT molecular complexity index is 737. The summed E-state index contributed by atoms with van der Waals surface area (Å²) in [6.07, 6.45) is 2.11. The Labute approximate surface area is 159 Å². The smallest absolute Gasteiger partial charge is 0.228 e. The number of nitrogens with zero attached hydrogens (tertiary/aromatic N) is 2. The van der Waals surface area contributed by atoms with Gasteiger partial charge in [-0.2, -0.15) is 0 Å². The van der Waals surface area contributed by atoms with Crippen LogP contribution in [0.25, 0.3) is 0 Å². The molecule has 2 rings (SSSR count). The van der Waals surface area contributed by atoms with Gasteiger partial charge in [0.2, 0.25) is 5.91 Å². The molecule has 26 heavy (non-hydrogen) atoms. The van der Waals surface area contributed by atoms with Crippen LogP contribution in [0.5, 0.6) is 0 Å². The minimum absolute atomic E-state index is 0.198. The zero-order chi connectivity index (χ0) is 19.5. The molecule has 1 atom stereocenters. The Kier molecular flexibility index (Phi) is 6.33. The van der Waals surface area contributed by atoms with Crippen LogP contribution in [0.3, 0.4) is 0 Å². The van der Waals surface area contributed by atoms with Crippen LogP contribution in [0.4, 0.5) is 0 Å². The minimum atomic E-state index is -0.378. The minimum Gasteiger partial charge on any atom is -0.345 e. The first-order valence-electron chi connectivity index (χ1n) is 9.60. The van der Waals surface area contributed by atoms with E-state index in [1.165, 1.54) is 16.8 Å². The quantitative estimate of drug-likeness (QED) is 0.694. The van der Waals surface area contributed by atoms with Crippen LogP contribution in [0.15, 0.2) is 42.6 Å². The lowest BCUT2D eigenvalue weighted by atomic mass is 9.92. The van der Waals surface area contributed by atoms with Crippen LogP contribution < -0.4 is 0 Å². The fraction of sp³-hybridized carbons (Fsp3) is 0.522. The Balaban J connectivity index is 2.26. The van der Waals surface area contributed by atoms with Crippen molar-refractivity contribution in [2.45, 2.75) is 67.6 Å². The third kappa shape index (κ3) is 5.00. The van der Waals surface area contributed by atoms with E-state index in [0.717, 1.165) is 6.54 Å². The van der Waals surface area contributed by atoms with Gasteiger partial charge in [0.05, 0.1) is 6.54 Å². The molecule has 0 saturated carbocycles. The molecule has 1 amide bonds. The van der Waals surface area contributed by atoms with Crippen LogP contribution >= 0.6 is 0 Å². The lowest BCUT2D eigenvalue weighted by Crippen LogP contribution is -2.46. The molecule has 1 aromatic carbocycles. The average Bonchev–Trinajstić information content (AvgIpc) is 2.97. The largest absolute Gasteiger partial charge is 0.345 e. The summed E-state index contributed by atoms with van der Waals surface area (Å²) in [5, 5.41) is 0. The predicted octanol–water partition coefficient (Wildman–Crippen LogP) is 5.26. The van der Waals surface area contributed by atoms with Crippen molar-refractivity contribution in [1.82, 2.24) is 9.47 Å². The number of carbonyl (C=O) groups excluding carboxylic acids is 1. The van der Waals surface area contributed by atoms with E-state index >= 15 is 0 Å². The molecule has 1 heterocycles. The van der Waals surface area contributed by atoms with E-state index in [9.17, 15) is 4.79 Å². The molecule has 0 bridgehead atoms. The topological polar surface area (TPSA) is 25.2 Å². The maximum Gasteiger partial charge on any atom is 0.228 e. The summed E-state index contributed by atoms with van der Waals surface area (Å²) >= 11 is 0. The lowest BCUT2D eigenvalue weighted by molar-refractivity contribution is -0.143. The number of aromatic nitrogens is 1. The zero-order valence-corrected chi connectivity index (χ0v) is 17.4. The van der Waals surface area contributed by atoms with Gasteiger partial charge in [0.1, 0.15) is 0 Å². The number of amides is 1. The molecule has 0 N–H and O–H groups in total. The number of aryl methyl sites for hydroxylation is 1. The Hall–Kier alpha value is -2.03. The van der Waals surface area contributed by atoms with Gasteiger partial charge >= 0.3 is 0 Å². The number of hydrogen-bond donors (Lipinski definition) is 0. The van der Waals surface area contributed by atoms with Gasteiger partial charge in [-0.25, -0.2) is 0 Å². The van der Waals surface area contributed by atoms with Crippen molar-refractivity contribution in [2.24, 2.45) is 11.3 Å². The van der Waals surface area contributed by atoms with Crippen molar-refractivity contribution in [1.29, 1.82) is 0 Å². The molecule has 2 aromatic rings. The van der Waals surface area contributed by atoms with Crippen molar-refractivity contribution in [3.63, 3.8) is 0 Å². The van der Waals surface area contributed by atoms with E-state index in [1.54, 1.807) is 0 Å². The Morgan fingerprint density at radius 3 is 2.38 bits per heavy atom. The van der Waals surface area contributed by atoms with Gasteiger partial charge in [0.15, 0.2) is 0 Å². The van der Waals surface area contributed by atoms with Gasteiger partial charge in [-0.15, -0.1) is 0 Å². The molecule has 0 spiro atoms. The van der Waals surface area contributed by atoms with Gasteiger partial charge in [-0.1, -0.05) is 64.4 Å². The second-order valence-electron chi connectivity index (χ2n) is 8.78. The van der Waals surface area contributed by atoms with Crippen LogP contribution in [0.2, 0.25) is 0 Å². The van der Waals surface area contributed by atoms with E-state index < -0.39 is 0 Å². The van der Waals surface area contributed by atoms with Crippen molar-refractivity contribution in [3.8, 4) is 0 Å². The first kappa shape index (κ1) is 20.3. The second-order valence-corrected chi connectivity index (χ2v) is 8.78. The van der Waals surface area contributed by atoms with Gasteiger partial charge < -0.3 is 9.47 Å². The van der Waals surface area contributed by atoms with E-state index in [-0.39, 0.29) is 17.4 Å². The first-order chi connectivity index (χ1) is 12.1. The maximum absolute atomic E-state index is 13.1. The molecule has 3 nitrogen and oxygen atoms in total. The van der Waals surface area contributed by atoms with Crippen molar-refractivity contribution in [2.75, 3.05) is 0 Å². The van der Waals surface area contributed by atoms with E-state index in [2.05, 4.69) is 74.9 Å². The van der Waals surface area contributed by atoms with Gasteiger partial charge in [0.25, 0.3) is 0 Å². The molecule has 3 heteroatoms. The summed E-state index contributed by atoms with van der Waals surface area (Å²) in [6, 6.07) is 13.0. The average molecular weight is 355 g/mol. The van der Waals surface area contributed by atoms with Gasteiger partial charge in [-0.3, -0.25) is 4.79 Å². The molecule has 1 aromatic heterocycles. The van der Waals surface area contributed by atoms with E-state index in [4.69, 9.17) is 0 Å². The highest BCUT2D eigenvalue weighted by molar-refractivity contribution is 5.81. The molecule has 142 valence electrons. The summed E-state index contributed by atoms with van der Waals surface area (Å²) in [6.45, 7) is 16.1. The van der Waals surface area contributed by atoms with Crippen molar-refractivity contribution in [3.05, 3.63) is 59.4 Å². The van der Waals surface area contributed by atoms with Gasteiger partial charge in [0, 0.05) is 29.9 Å². The van der Waals surface area contributed by atoms with Crippen LogP contribution in [-0.4, -0.2) is 21.4 Å². The molecule has 1 unspecified atom stereocenters. The highest BCUT2D eigenvalue weighted by atomic mass is 16.2. The molecule has 0 fully saturated rings. The van der Waals surface area contributed by atoms with Crippen LogP contribution in [0, 0.1) is 18.3 Å². The molecular formula is C23H34N2O. The number of benzene rings is 1. The lowest BCUT2D eigenvalue weighted by Gasteiger charge is -2.36. The van der Waals surface area contributed by atoms with Crippen LogP contribution in [0.1, 0.15) is 58.4 Å². The fourth-order valence-corrected chi connectivity index (χ4v) is 3.12. The predicted molar refractivity (Wildman–Crippen MR) is 109 cm³/mol. The molecule has 0 saturated heterocycles. The molecule has 0 aliphatic carbocycles. The summed E-state index contributed by atoms with van der Waals surface area (Å²) in [7, 11) is 0. The summed E-state index contributed by atoms with van der Waals surface area (Å²) in [5.74, 6) is 0.628. The highest BCUT2D eigenvalue weighted by Gasteiger charge is 2.31. The van der Waals surface area contributed by atoms with E-state index in [0.29, 0.717) is 12.5 Å². The summed E-state index contributed by atoms with van der Waals surface area (Å²) in [4.78, 5) is 15.1. The summed E-state index contributed by atoms with van der Waals surface area (Å²) < 4.78 is 2.25. The standard InChI is InChI=1S/C23H34N2O/c1-17(2)19(4)25(22(26)23(5,6)7)16-21-12-9-13-24(21)15-20-11-8-10-18(3)14-20/h8-14,17,19H,15-16H2,1-7H3. The van der Waals surface area contributed by atoms with E-state index in [1.807, 2.05) is 25.7 Å². The van der Waals surface area contributed by atoms with Crippen molar-refractivity contribution < 1.29 is 4.79 Å². The number of hydrogen-bond acceptors (Lipinski definition) is 1. The van der Waals surface area contributed by atoms with Crippen LogP contribution in [-0.2, 0) is 17.9 Å². The first-order valence-corrected chi connectivity index (χ1v) is 9.60. The Morgan fingerprint density at radius 2 is 1.81 bits per heavy atom. The summed E-state index contributed by atoms with van der Waals surface area (Å²) in [5.41, 5.74) is 3.36. The SMILES string of the molecule is Cc1cccc(Cn2cccc2CN(C(=O)C(C)(C)C)C(C)C(C)C)c1. The zero-order valence-electron chi connectivity index (χ0n) is 17.4.